The van der Waals surface area contributed by atoms with E-state index in [9.17, 15) is 4.39 Å². The lowest BCUT2D eigenvalue weighted by Gasteiger charge is -2.34. The van der Waals surface area contributed by atoms with Crippen LogP contribution < -0.4 is 4.90 Å². The fraction of sp³-hybridized carbons (Fsp3) is 0.278. The Balaban J connectivity index is 1.58. The highest BCUT2D eigenvalue weighted by Gasteiger charge is 2.15. The highest BCUT2D eigenvalue weighted by Crippen LogP contribution is 2.17. The van der Waals surface area contributed by atoms with Crippen molar-refractivity contribution in [2.24, 2.45) is 5.10 Å². The molecule has 22 heavy (non-hydrogen) atoms. The molecule has 0 aliphatic carbocycles. The normalized spacial score (nSPS) is 15.5. The summed E-state index contributed by atoms with van der Waals surface area (Å²) in [5, 5.41) is 6.40. The zero-order valence-electron chi connectivity index (χ0n) is 12.7. The molecular formula is C18H20FN3. The monoisotopic (exact) mass is 297 g/mol. The highest BCUT2D eigenvalue weighted by molar-refractivity contribution is 5.79. The second-order valence-corrected chi connectivity index (χ2v) is 5.54. The first-order valence-corrected chi connectivity index (χ1v) is 7.57. The van der Waals surface area contributed by atoms with Gasteiger partial charge in [0.1, 0.15) is 5.82 Å². The molecule has 0 aromatic heterocycles. The van der Waals surface area contributed by atoms with E-state index in [1.165, 1.54) is 17.3 Å². The number of halogens is 1. The van der Waals surface area contributed by atoms with Gasteiger partial charge < -0.3 is 4.90 Å². The number of hydrazone groups is 1. The SMILES string of the molecule is Cc1ccc(N2CCN(/N=C\c3ccccc3F)CC2)cc1. The predicted molar refractivity (Wildman–Crippen MR) is 89.0 cm³/mol. The zero-order valence-corrected chi connectivity index (χ0v) is 12.7. The lowest BCUT2D eigenvalue weighted by Crippen LogP contribution is -2.44. The van der Waals surface area contributed by atoms with Crippen LogP contribution in [-0.4, -0.2) is 37.4 Å². The molecule has 114 valence electrons. The van der Waals surface area contributed by atoms with Crippen LogP contribution in [0.15, 0.2) is 53.6 Å². The van der Waals surface area contributed by atoms with Gasteiger partial charge in [0, 0.05) is 24.3 Å². The van der Waals surface area contributed by atoms with Crippen LogP contribution in [0.1, 0.15) is 11.1 Å². The molecule has 4 heteroatoms. The molecule has 2 aromatic rings. The number of hydrogen-bond donors (Lipinski definition) is 0. The maximum atomic E-state index is 13.5. The number of piperazine rings is 1. The molecule has 2 aromatic carbocycles. The summed E-state index contributed by atoms with van der Waals surface area (Å²) in [5.41, 5.74) is 3.06. The topological polar surface area (TPSA) is 18.8 Å². The summed E-state index contributed by atoms with van der Waals surface area (Å²) in [6.07, 6.45) is 1.61. The quantitative estimate of drug-likeness (QED) is 0.810. The van der Waals surface area contributed by atoms with Gasteiger partial charge in [-0.25, -0.2) is 4.39 Å². The van der Waals surface area contributed by atoms with Crippen molar-refractivity contribution in [3.8, 4) is 0 Å². The van der Waals surface area contributed by atoms with Gasteiger partial charge in [0.05, 0.1) is 19.3 Å². The Kier molecular flexibility index (Phi) is 4.37. The van der Waals surface area contributed by atoms with E-state index in [4.69, 9.17) is 0 Å². The number of nitrogens with zero attached hydrogens (tertiary/aromatic N) is 3. The number of rotatable bonds is 3. The predicted octanol–water partition coefficient (Wildman–Crippen LogP) is 3.29. The van der Waals surface area contributed by atoms with Crippen molar-refractivity contribution in [1.29, 1.82) is 0 Å². The van der Waals surface area contributed by atoms with E-state index in [2.05, 4.69) is 41.2 Å². The molecule has 0 unspecified atom stereocenters. The van der Waals surface area contributed by atoms with Gasteiger partial charge in [0.2, 0.25) is 0 Å². The molecule has 0 saturated carbocycles. The van der Waals surface area contributed by atoms with E-state index in [0.29, 0.717) is 5.56 Å². The maximum absolute atomic E-state index is 13.5. The van der Waals surface area contributed by atoms with Crippen LogP contribution in [0.3, 0.4) is 0 Å². The molecule has 0 radical (unpaired) electrons. The van der Waals surface area contributed by atoms with Crippen LogP contribution in [0.5, 0.6) is 0 Å². The summed E-state index contributed by atoms with van der Waals surface area (Å²) >= 11 is 0. The smallest absolute Gasteiger partial charge is 0.132 e. The average molecular weight is 297 g/mol. The number of aryl methyl sites for hydroxylation is 1. The van der Waals surface area contributed by atoms with Gasteiger partial charge >= 0.3 is 0 Å². The van der Waals surface area contributed by atoms with Crippen molar-refractivity contribution < 1.29 is 4.39 Å². The minimum Gasteiger partial charge on any atom is -0.368 e. The first kappa shape index (κ1) is 14.6. The second-order valence-electron chi connectivity index (χ2n) is 5.54. The van der Waals surface area contributed by atoms with E-state index >= 15 is 0 Å². The molecule has 0 amide bonds. The van der Waals surface area contributed by atoms with Gasteiger partial charge in [-0.15, -0.1) is 0 Å². The van der Waals surface area contributed by atoms with Crippen molar-refractivity contribution >= 4 is 11.9 Å². The van der Waals surface area contributed by atoms with Crippen molar-refractivity contribution in [3.05, 3.63) is 65.5 Å². The Labute approximate surface area is 130 Å². The lowest BCUT2D eigenvalue weighted by atomic mass is 10.2. The van der Waals surface area contributed by atoms with E-state index < -0.39 is 0 Å². The number of hydrogen-bond acceptors (Lipinski definition) is 3. The average Bonchev–Trinajstić information content (AvgIpc) is 2.55. The molecule has 1 heterocycles. The maximum Gasteiger partial charge on any atom is 0.132 e. The Bertz CT molecular complexity index is 644. The molecular weight excluding hydrogens is 277 g/mol. The molecule has 0 spiro atoms. The standard InChI is InChI=1S/C18H20FN3/c1-15-6-8-17(9-7-15)21-10-12-22(13-11-21)20-14-16-4-2-3-5-18(16)19/h2-9,14H,10-13H2,1H3/b20-14-. The minimum absolute atomic E-state index is 0.232. The van der Waals surface area contributed by atoms with Gasteiger partial charge in [-0.05, 0) is 25.1 Å². The third-order valence-electron chi connectivity index (χ3n) is 3.92. The van der Waals surface area contributed by atoms with E-state index in [1.807, 2.05) is 11.1 Å². The number of benzene rings is 2. The minimum atomic E-state index is -0.232. The van der Waals surface area contributed by atoms with Crippen molar-refractivity contribution in [1.82, 2.24) is 5.01 Å². The fourth-order valence-corrected chi connectivity index (χ4v) is 2.55. The molecule has 3 nitrogen and oxygen atoms in total. The van der Waals surface area contributed by atoms with Crippen LogP contribution >= 0.6 is 0 Å². The summed E-state index contributed by atoms with van der Waals surface area (Å²) in [6.45, 7) is 5.64. The van der Waals surface area contributed by atoms with Gasteiger partial charge in [-0.2, -0.15) is 5.10 Å². The largest absolute Gasteiger partial charge is 0.368 e. The van der Waals surface area contributed by atoms with Crippen LogP contribution in [0.25, 0.3) is 0 Å². The first-order valence-electron chi connectivity index (χ1n) is 7.57. The van der Waals surface area contributed by atoms with Crippen LogP contribution in [0, 0.1) is 12.7 Å². The molecule has 0 bridgehead atoms. The molecule has 3 rings (SSSR count). The first-order chi connectivity index (χ1) is 10.7. The van der Waals surface area contributed by atoms with E-state index in [-0.39, 0.29) is 5.82 Å². The van der Waals surface area contributed by atoms with Crippen molar-refractivity contribution in [3.63, 3.8) is 0 Å². The van der Waals surface area contributed by atoms with E-state index in [0.717, 1.165) is 26.2 Å². The molecule has 1 saturated heterocycles. The summed E-state index contributed by atoms with van der Waals surface area (Å²) in [5.74, 6) is -0.232. The lowest BCUT2D eigenvalue weighted by molar-refractivity contribution is 0.272. The fourth-order valence-electron chi connectivity index (χ4n) is 2.55. The molecule has 1 aliphatic rings. The third-order valence-corrected chi connectivity index (χ3v) is 3.92. The summed E-state index contributed by atoms with van der Waals surface area (Å²) in [4.78, 5) is 2.36. The van der Waals surface area contributed by atoms with Crippen LogP contribution in [0.2, 0.25) is 0 Å². The Morgan fingerprint density at radius 2 is 1.64 bits per heavy atom. The van der Waals surface area contributed by atoms with Crippen molar-refractivity contribution in [2.45, 2.75) is 6.92 Å². The highest BCUT2D eigenvalue weighted by atomic mass is 19.1. The number of anilines is 1. The molecule has 1 aliphatic heterocycles. The molecule has 0 atom stereocenters. The summed E-state index contributed by atoms with van der Waals surface area (Å²) < 4.78 is 13.5. The van der Waals surface area contributed by atoms with Gasteiger partial charge in [0.25, 0.3) is 0 Å². The van der Waals surface area contributed by atoms with Gasteiger partial charge in [0.15, 0.2) is 0 Å². The summed E-state index contributed by atoms with van der Waals surface area (Å²) in [7, 11) is 0. The molecule has 0 N–H and O–H groups in total. The third kappa shape index (κ3) is 3.45. The van der Waals surface area contributed by atoms with E-state index in [1.54, 1.807) is 18.3 Å². The van der Waals surface area contributed by atoms with Gasteiger partial charge in [-0.3, -0.25) is 5.01 Å². The van der Waals surface area contributed by atoms with Crippen molar-refractivity contribution in [2.75, 3.05) is 31.1 Å². The molecule has 1 fully saturated rings. The van der Waals surface area contributed by atoms with Crippen LogP contribution in [-0.2, 0) is 0 Å². The van der Waals surface area contributed by atoms with Gasteiger partial charge in [-0.1, -0.05) is 35.9 Å². The summed E-state index contributed by atoms with van der Waals surface area (Å²) in [6, 6.07) is 15.3. The zero-order chi connectivity index (χ0) is 15.4. The van der Waals surface area contributed by atoms with Crippen LogP contribution in [0.4, 0.5) is 10.1 Å². The Hall–Kier alpha value is -2.36. The Morgan fingerprint density at radius 3 is 2.32 bits per heavy atom. The second kappa shape index (κ2) is 6.60. The Morgan fingerprint density at radius 1 is 0.955 bits per heavy atom.